The highest BCUT2D eigenvalue weighted by atomic mass is 16.3. The highest BCUT2D eigenvalue weighted by Gasteiger charge is 2.34. The summed E-state index contributed by atoms with van der Waals surface area (Å²) in [5, 5.41) is 26.7. The van der Waals surface area contributed by atoms with Crippen molar-refractivity contribution in [3.8, 4) is 0 Å². The van der Waals surface area contributed by atoms with Crippen molar-refractivity contribution in [1.82, 2.24) is 20.0 Å². The molecule has 0 bridgehead atoms. The van der Waals surface area contributed by atoms with Crippen molar-refractivity contribution in [3.05, 3.63) is 47.6 Å². The van der Waals surface area contributed by atoms with Crippen LogP contribution in [0.3, 0.4) is 0 Å². The van der Waals surface area contributed by atoms with Gasteiger partial charge in [0.2, 0.25) is 0 Å². The Bertz CT molecular complexity index is 839. The van der Waals surface area contributed by atoms with Gasteiger partial charge >= 0.3 is 0 Å². The topological polar surface area (TPSA) is 108 Å². The summed E-state index contributed by atoms with van der Waals surface area (Å²) in [5.74, 6) is -1.43. The van der Waals surface area contributed by atoms with Crippen LogP contribution in [0.4, 0.5) is 0 Å². The first-order chi connectivity index (χ1) is 13.0. The van der Waals surface area contributed by atoms with Gasteiger partial charge in [0.05, 0.1) is 6.04 Å². The molecule has 0 radical (unpaired) electrons. The van der Waals surface area contributed by atoms with E-state index in [1.807, 2.05) is 0 Å². The maximum atomic E-state index is 12.2. The molecular weight excluding hydrogens is 348 g/mol. The molecule has 0 aromatic carbocycles. The normalized spacial score (nSPS) is 19.3. The maximum Gasteiger partial charge on any atom is 0.254 e. The second-order valence-corrected chi connectivity index (χ2v) is 6.53. The molecule has 2 aliphatic rings. The van der Waals surface area contributed by atoms with E-state index >= 15 is 0 Å². The first-order valence-electron chi connectivity index (χ1n) is 8.86. The first-order valence-corrected chi connectivity index (χ1v) is 8.86. The van der Waals surface area contributed by atoms with Gasteiger partial charge in [-0.15, -0.1) is 0 Å². The number of aliphatic hydroxyl groups excluding tert-OH is 2. The number of carbonyl (C=O) groups is 2. The van der Waals surface area contributed by atoms with E-state index < -0.39 is 30.1 Å². The molecule has 1 aromatic heterocycles. The third kappa shape index (κ3) is 4.27. The van der Waals surface area contributed by atoms with Crippen molar-refractivity contribution in [1.29, 1.82) is 0 Å². The Labute approximate surface area is 156 Å². The van der Waals surface area contributed by atoms with E-state index in [0.717, 1.165) is 12.8 Å². The molecule has 8 nitrogen and oxygen atoms in total. The van der Waals surface area contributed by atoms with Gasteiger partial charge in [-0.1, -0.05) is 5.73 Å². The lowest BCUT2D eigenvalue weighted by atomic mass is 10.1. The first kappa shape index (κ1) is 18.9. The summed E-state index contributed by atoms with van der Waals surface area (Å²) in [4.78, 5) is 25.8. The minimum atomic E-state index is -1.83. The molecule has 142 valence electrons. The van der Waals surface area contributed by atoms with Crippen LogP contribution in [-0.2, 0) is 9.59 Å². The fourth-order valence-electron chi connectivity index (χ4n) is 2.97. The third-order valence-corrected chi connectivity index (χ3v) is 4.57. The minimum absolute atomic E-state index is 0.482. The average molecular weight is 370 g/mol. The van der Waals surface area contributed by atoms with E-state index in [2.05, 4.69) is 21.9 Å². The molecule has 1 fully saturated rings. The zero-order chi connectivity index (χ0) is 19.4. The van der Waals surface area contributed by atoms with E-state index in [1.54, 1.807) is 42.2 Å². The van der Waals surface area contributed by atoms with Crippen LogP contribution in [0.5, 0.6) is 0 Å². The van der Waals surface area contributed by atoms with Crippen LogP contribution in [0.15, 0.2) is 47.6 Å². The Hall–Kier alpha value is -2.89. The predicted octanol–water partition coefficient (Wildman–Crippen LogP) is -0.177. The third-order valence-electron chi connectivity index (χ3n) is 4.57. The lowest BCUT2D eigenvalue weighted by Gasteiger charge is -2.24. The van der Waals surface area contributed by atoms with E-state index in [9.17, 15) is 19.8 Å². The Balaban J connectivity index is 1.62. The molecule has 1 aliphatic carbocycles. The van der Waals surface area contributed by atoms with Crippen LogP contribution in [0.1, 0.15) is 19.8 Å². The van der Waals surface area contributed by atoms with Gasteiger partial charge in [-0.2, -0.15) is 5.10 Å². The van der Waals surface area contributed by atoms with Crippen molar-refractivity contribution in [2.24, 2.45) is 0 Å². The number of aliphatic hydroxyl groups is 2. The van der Waals surface area contributed by atoms with Gasteiger partial charge in [-0.05, 0) is 43.7 Å². The Morgan fingerprint density at radius 3 is 2.52 bits per heavy atom. The number of carbonyl (C=O) groups excluding carboxylic acids is 2. The van der Waals surface area contributed by atoms with Crippen LogP contribution in [0, 0.1) is 0 Å². The van der Waals surface area contributed by atoms with Crippen molar-refractivity contribution in [2.75, 3.05) is 13.1 Å². The van der Waals surface area contributed by atoms with Crippen molar-refractivity contribution in [3.63, 3.8) is 0 Å². The van der Waals surface area contributed by atoms with Crippen molar-refractivity contribution < 1.29 is 19.8 Å². The molecule has 27 heavy (non-hydrogen) atoms. The Kier molecular flexibility index (Phi) is 5.74. The van der Waals surface area contributed by atoms with Crippen LogP contribution in [0.2, 0.25) is 0 Å². The van der Waals surface area contributed by atoms with Gasteiger partial charge in [0.25, 0.3) is 11.8 Å². The molecule has 3 N–H and O–H groups in total. The van der Waals surface area contributed by atoms with Crippen LogP contribution in [0.25, 0.3) is 5.70 Å². The van der Waals surface area contributed by atoms with Gasteiger partial charge in [0.15, 0.2) is 12.2 Å². The summed E-state index contributed by atoms with van der Waals surface area (Å²) in [7, 11) is 0. The highest BCUT2D eigenvalue weighted by Crippen LogP contribution is 2.14. The Morgan fingerprint density at radius 2 is 1.93 bits per heavy atom. The van der Waals surface area contributed by atoms with E-state index in [0.29, 0.717) is 24.4 Å². The van der Waals surface area contributed by atoms with Crippen molar-refractivity contribution >= 4 is 17.5 Å². The number of likely N-dealkylation sites (tertiary alicyclic amines) is 1. The second kappa shape index (κ2) is 8.20. The number of amides is 2. The van der Waals surface area contributed by atoms with E-state index in [-0.39, 0.29) is 0 Å². The van der Waals surface area contributed by atoms with Gasteiger partial charge in [0.1, 0.15) is 5.70 Å². The smallest absolute Gasteiger partial charge is 0.254 e. The molecule has 1 saturated heterocycles. The highest BCUT2D eigenvalue weighted by molar-refractivity contribution is 5.91. The van der Waals surface area contributed by atoms with Gasteiger partial charge < -0.3 is 20.4 Å². The minimum Gasteiger partial charge on any atom is -0.380 e. The molecule has 3 atom stereocenters. The van der Waals surface area contributed by atoms with Gasteiger partial charge in [0, 0.05) is 31.1 Å². The average Bonchev–Trinajstić information content (AvgIpc) is 3.40. The number of allylic oxidation sites excluding steroid dienone is 2. The number of aromatic nitrogens is 2. The Morgan fingerprint density at radius 1 is 1.19 bits per heavy atom. The summed E-state index contributed by atoms with van der Waals surface area (Å²) in [6, 6.07) is 1.31. The molecule has 2 amide bonds. The SMILES string of the molecule is C[C@@H](NC(=O)[C@H](O)[C@@H](O)C(=O)N1CCCC1)C1=C=C=C(n2cccn2)C=C1. The van der Waals surface area contributed by atoms with Crippen LogP contribution >= 0.6 is 0 Å². The van der Waals surface area contributed by atoms with Crippen LogP contribution in [-0.4, -0.2) is 68.0 Å². The fraction of sp³-hybridized carbons (Fsp3) is 0.421. The molecule has 8 heteroatoms. The summed E-state index contributed by atoms with van der Waals surface area (Å²) in [6.45, 7) is 2.79. The zero-order valence-electron chi connectivity index (χ0n) is 15.0. The molecule has 0 spiro atoms. The zero-order valence-corrected chi connectivity index (χ0v) is 15.0. The lowest BCUT2D eigenvalue weighted by molar-refractivity contribution is -0.152. The second-order valence-electron chi connectivity index (χ2n) is 6.53. The van der Waals surface area contributed by atoms with Gasteiger partial charge in [-0.3, -0.25) is 9.59 Å². The summed E-state index contributed by atoms with van der Waals surface area (Å²) < 4.78 is 1.63. The number of nitrogens with one attached hydrogen (secondary N) is 1. The van der Waals surface area contributed by atoms with E-state index in [1.165, 1.54) is 4.90 Å². The lowest BCUT2D eigenvalue weighted by Crippen LogP contribution is -2.51. The largest absolute Gasteiger partial charge is 0.380 e. The maximum absolute atomic E-state index is 12.2. The summed E-state index contributed by atoms with van der Waals surface area (Å²) in [6.07, 6.45) is 5.10. The number of nitrogens with zero attached hydrogens (tertiary/aromatic N) is 3. The molecular formula is C19H22N4O4. The van der Waals surface area contributed by atoms with Gasteiger partial charge in [-0.25, -0.2) is 4.68 Å². The molecule has 0 saturated carbocycles. The van der Waals surface area contributed by atoms with Crippen molar-refractivity contribution in [2.45, 2.75) is 38.0 Å². The number of hydrogen-bond acceptors (Lipinski definition) is 5. The fourth-order valence-corrected chi connectivity index (χ4v) is 2.97. The molecule has 0 unspecified atom stereocenters. The molecule has 1 aliphatic heterocycles. The quantitative estimate of drug-likeness (QED) is 0.603. The summed E-state index contributed by atoms with van der Waals surface area (Å²) >= 11 is 0. The predicted molar refractivity (Wildman–Crippen MR) is 97.0 cm³/mol. The van der Waals surface area contributed by atoms with E-state index in [4.69, 9.17) is 0 Å². The number of hydrogen-bond donors (Lipinski definition) is 3. The molecule has 3 rings (SSSR count). The monoisotopic (exact) mass is 370 g/mol. The molecule has 1 aromatic rings. The van der Waals surface area contributed by atoms with Crippen LogP contribution < -0.4 is 5.32 Å². The summed E-state index contributed by atoms with van der Waals surface area (Å²) in [5.41, 5.74) is 7.25. The molecule has 2 heterocycles. The number of rotatable bonds is 6. The standard InChI is InChI=1S/C19H22N4O4/c1-13(14-5-7-15(8-6-14)23-12-4-9-20-23)21-18(26)16(24)17(25)19(27)22-10-2-3-11-22/h4-5,7,9,12-13,16-17,24-25H,2-3,10-11H2,1H3,(H,21,26)/t13-,16-,17-/m1/s1.